The van der Waals surface area contributed by atoms with Gasteiger partial charge in [-0.2, -0.15) is 0 Å². The third kappa shape index (κ3) is 1.83. The van der Waals surface area contributed by atoms with E-state index in [9.17, 15) is 15.0 Å². The van der Waals surface area contributed by atoms with Crippen LogP contribution in [0.1, 0.15) is 5.56 Å². The molecule has 110 valence electrons. The van der Waals surface area contributed by atoms with E-state index < -0.39 is 5.63 Å². The van der Waals surface area contributed by atoms with E-state index >= 15 is 0 Å². The zero-order chi connectivity index (χ0) is 15.3. The van der Waals surface area contributed by atoms with E-state index in [1.807, 2.05) is 0 Å². The van der Waals surface area contributed by atoms with E-state index in [1.165, 1.54) is 18.2 Å². The van der Waals surface area contributed by atoms with Crippen LogP contribution in [-0.2, 0) is 6.42 Å². The summed E-state index contributed by atoms with van der Waals surface area (Å²) in [4.78, 5) is 12.4. The molecular weight excluding hydrogens is 284 g/mol. The van der Waals surface area contributed by atoms with E-state index in [4.69, 9.17) is 9.15 Å². The molecule has 0 radical (unpaired) electrons. The summed E-state index contributed by atoms with van der Waals surface area (Å²) in [6.45, 7) is 0.392. The van der Waals surface area contributed by atoms with Crippen molar-refractivity contribution in [1.29, 1.82) is 0 Å². The van der Waals surface area contributed by atoms with Crippen LogP contribution < -0.4 is 10.4 Å². The predicted octanol–water partition coefficient (Wildman–Crippen LogP) is 2.81. The number of hydrogen-bond donors (Lipinski definition) is 2. The van der Waals surface area contributed by atoms with Crippen molar-refractivity contribution in [2.75, 3.05) is 6.61 Å². The van der Waals surface area contributed by atoms with Crippen LogP contribution in [0.2, 0.25) is 0 Å². The molecule has 1 aliphatic heterocycles. The molecule has 0 saturated carbocycles. The first-order valence-electron chi connectivity index (χ1n) is 6.88. The van der Waals surface area contributed by atoms with Gasteiger partial charge >= 0.3 is 5.63 Å². The molecular formula is C17H12O5. The van der Waals surface area contributed by atoms with Gasteiger partial charge in [0.1, 0.15) is 22.8 Å². The molecule has 3 aromatic rings. The van der Waals surface area contributed by atoms with Crippen molar-refractivity contribution in [3.63, 3.8) is 0 Å². The summed E-state index contributed by atoms with van der Waals surface area (Å²) in [6, 6.07) is 9.38. The number of phenols is 2. The van der Waals surface area contributed by atoms with E-state index in [0.29, 0.717) is 35.5 Å². The van der Waals surface area contributed by atoms with Crippen LogP contribution in [-0.4, -0.2) is 16.8 Å². The second-order valence-electron chi connectivity index (χ2n) is 5.20. The zero-order valence-corrected chi connectivity index (χ0v) is 11.5. The lowest BCUT2D eigenvalue weighted by Gasteiger charge is -2.09. The van der Waals surface area contributed by atoms with Crippen LogP contribution in [0.15, 0.2) is 45.6 Å². The highest BCUT2D eigenvalue weighted by Gasteiger charge is 2.22. The number of fused-ring (bicyclic) bond motifs is 5. The monoisotopic (exact) mass is 296 g/mol. The molecule has 0 fully saturated rings. The maximum absolute atomic E-state index is 12.4. The largest absolute Gasteiger partial charge is 0.508 e. The molecule has 5 heteroatoms. The van der Waals surface area contributed by atoms with Crippen molar-refractivity contribution in [2.24, 2.45) is 0 Å². The number of phenolic OH excluding ortho intramolecular Hbond substituents is 2. The Labute approximate surface area is 125 Å². The standard InChI is InChI=1S/C17H12O5/c18-9-2-4-13-14(7-9)21-6-5-12-11-3-1-10(19)8-15(11)22-17(20)16(12)13/h1-4,7-8,18-19H,5-6H2. The summed E-state index contributed by atoms with van der Waals surface area (Å²) in [5, 5.41) is 19.9. The fourth-order valence-electron chi connectivity index (χ4n) is 2.89. The molecule has 0 bridgehead atoms. The van der Waals surface area contributed by atoms with Gasteiger partial charge in [-0.15, -0.1) is 0 Å². The average Bonchev–Trinajstić information content (AvgIpc) is 2.66. The van der Waals surface area contributed by atoms with Gasteiger partial charge in [0.05, 0.1) is 12.2 Å². The Balaban J connectivity index is 2.12. The minimum Gasteiger partial charge on any atom is -0.508 e. The van der Waals surface area contributed by atoms with Gasteiger partial charge in [-0.1, -0.05) is 0 Å². The Morgan fingerprint density at radius 3 is 2.64 bits per heavy atom. The molecule has 0 saturated heterocycles. The van der Waals surface area contributed by atoms with Crippen LogP contribution in [0.25, 0.3) is 22.1 Å². The van der Waals surface area contributed by atoms with E-state index in [2.05, 4.69) is 0 Å². The minimum absolute atomic E-state index is 0.0470. The maximum atomic E-state index is 12.4. The molecule has 2 aromatic carbocycles. The Kier molecular flexibility index (Phi) is 2.63. The van der Waals surface area contributed by atoms with E-state index in [-0.39, 0.29) is 11.5 Å². The average molecular weight is 296 g/mol. The van der Waals surface area contributed by atoms with Gasteiger partial charge < -0.3 is 19.4 Å². The topological polar surface area (TPSA) is 79.9 Å². The molecule has 2 heterocycles. The lowest BCUT2D eigenvalue weighted by molar-refractivity contribution is 0.325. The molecule has 0 spiro atoms. The number of ether oxygens (including phenoxy) is 1. The summed E-state index contributed by atoms with van der Waals surface area (Å²) in [6.07, 6.45) is 0.539. The van der Waals surface area contributed by atoms with Crippen molar-refractivity contribution in [1.82, 2.24) is 0 Å². The molecule has 5 nitrogen and oxygen atoms in total. The molecule has 4 rings (SSSR count). The Hall–Kier alpha value is -2.95. The predicted molar refractivity (Wildman–Crippen MR) is 80.4 cm³/mol. The van der Waals surface area contributed by atoms with Crippen LogP contribution >= 0.6 is 0 Å². The van der Waals surface area contributed by atoms with Gasteiger partial charge in [0, 0.05) is 29.5 Å². The first-order chi connectivity index (χ1) is 10.6. The molecule has 0 aliphatic carbocycles. The second kappa shape index (κ2) is 4.53. The van der Waals surface area contributed by atoms with Crippen LogP contribution in [0.4, 0.5) is 0 Å². The summed E-state index contributed by atoms with van der Waals surface area (Å²) >= 11 is 0. The summed E-state index contributed by atoms with van der Waals surface area (Å²) in [7, 11) is 0. The number of benzene rings is 2. The fourth-order valence-corrected chi connectivity index (χ4v) is 2.89. The highest BCUT2D eigenvalue weighted by atomic mass is 16.5. The zero-order valence-electron chi connectivity index (χ0n) is 11.5. The molecule has 1 aromatic heterocycles. The van der Waals surface area contributed by atoms with Crippen molar-refractivity contribution < 1.29 is 19.4 Å². The van der Waals surface area contributed by atoms with Crippen LogP contribution in [0.3, 0.4) is 0 Å². The minimum atomic E-state index is -0.481. The first-order valence-corrected chi connectivity index (χ1v) is 6.88. The normalized spacial score (nSPS) is 13.1. The van der Waals surface area contributed by atoms with Crippen molar-refractivity contribution in [2.45, 2.75) is 6.42 Å². The summed E-state index contributed by atoms with van der Waals surface area (Å²) < 4.78 is 11.0. The third-order valence-electron chi connectivity index (χ3n) is 3.84. The molecule has 2 N–H and O–H groups in total. The Morgan fingerprint density at radius 1 is 1.00 bits per heavy atom. The Morgan fingerprint density at radius 2 is 1.77 bits per heavy atom. The number of rotatable bonds is 0. The van der Waals surface area contributed by atoms with E-state index in [0.717, 1.165) is 10.9 Å². The van der Waals surface area contributed by atoms with Crippen molar-refractivity contribution >= 4 is 11.0 Å². The van der Waals surface area contributed by atoms with Gasteiger partial charge in [-0.3, -0.25) is 0 Å². The third-order valence-corrected chi connectivity index (χ3v) is 3.84. The van der Waals surface area contributed by atoms with E-state index in [1.54, 1.807) is 18.2 Å². The van der Waals surface area contributed by atoms with Gasteiger partial charge in [-0.05, 0) is 29.8 Å². The second-order valence-corrected chi connectivity index (χ2v) is 5.20. The highest BCUT2D eigenvalue weighted by molar-refractivity contribution is 5.89. The fraction of sp³-hybridized carbons (Fsp3) is 0.118. The molecule has 22 heavy (non-hydrogen) atoms. The van der Waals surface area contributed by atoms with Gasteiger partial charge in [0.2, 0.25) is 0 Å². The van der Waals surface area contributed by atoms with Gasteiger partial charge in [0.15, 0.2) is 0 Å². The quantitative estimate of drug-likeness (QED) is 0.624. The molecule has 0 amide bonds. The van der Waals surface area contributed by atoms with Gasteiger partial charge in [0.25, 0.3) is 0 Å². The van der Waals surface area contributed by atoms with Crippen molar-refractivity contribution in [3.05, 3.63) is 52.4 Å². The highest BCUT2D eigenvalue weighted by Crippen LogP contribution is 2.38. The molecule has 1 aliphatic rings. The number of aromatic hydroxyl groups is 2. The van der Waals surface area contributed by atoms with Gasteiger partial charge in [-0.25, -0.2) is 4.79 Å². The number of hydrogen-bond acceptors (Lipinski definition) is 5. The SMILES string of the molecule is O=c1oc2cc(O)ccc2c2c1-c1ccc(O)cc1OCC2. The van der Waals surface area contributed by atoms with Crippen LogP contribution in [0.5, 0.6) is 17.2 Å². The molecule has 0 unspecified atom stereocenters. The first kappa shape index (κ1) is 12.8. The van der Waals surface area contributed by atoms with Crippen molar-refractivity contribution in [3.8, 4) is 28.4 Å². The van der Waals surface area contributed by atoms with Crippen LogP contribution in [0, 0.1) is 0 Å². The summed E-state index contributed by atoms with van der Waals surface area (Å²) in [5.41, 5.74) is 1.76. The summed E-state index contributed by atoms with van der Waals surface area (Å²) in [5.74, 6) is 0.590. The smallest absolute Gasteiger partial charge is 0.344 e. The Bertz CT molecular complexity index is 955. The lowest BCUT2D eigenvalue weighted by Crippen LogP contribution is -2.07. The molecule has 0 atom stereocenters. The maximum Gasteiger partial charge on any atom is 0.344 e. The lowest BCUT2D eigenvalue weighted by atomic mass is 9.96.